The summed E-state index contributed by atoms with van der Waals surface area (Å²) in [5, 5.41) is 9.38. The zero-order valence-corrected chi connectivity index (χ0v) is 12.6. The first-order valence-electron chi connectivity index (χ1n) is 6.40. The number of rotatable bonds is 5. The number of hydrogen-bond donors (Lipinski definition) is 3. The Morgan fingerprint density at radius 2 is 2.14 bits per heavy atom. The summed E-state index contributed by atoms with van der Waals surface area (Å²) in [5.74, 6) is -0.0912. The highest BCUT2D eigenvalue weighted by atomic mass is 32.1. The number of carboxylic acids is 1. The van der Waals surface area contributed by atoms with Crippen molar-refractivity contribution < 1.29 is 14.6 Å². The minimum Gasteiger partial charge on any atom is -0.491 e. The molecule has 5 N–H and O–H groups in total. The summed E-state index contributed by atoms with van der Waals surface area (Å²) in [5.41, 5.74) is 12.9. The number of aromatic nitrogens is 1. The van der Waals surface area contributed by atoms with E-state index in [0.29, 0.717) is 35.2 Å². The first kappa shape index (κ1) is 15.1. The van der Waals surface area contributed by atoms with Gasteiger partial charge in [0.25, 0.3) is 0 Å². The van der Waals surface area contributed by atoms with Crippen LogP contribution in [-0.4, -0.2) is 22.7 Å². The molecule has 0 aliphatic carbocycles. The van der Waals surface area contributed by atoms with Crippen molar-refractivity contribution in [2.75, 3.05) is 18.1 Å². The number of anilines is 2. The van der Waals surface area contributed by atoms with Crippen LogP contribution in [0, 0.1) is 5.92 Å². The zero-order valence-electron chi connectivity index (χ0n) is 11.8. The van der Waals surface area contributed by atoms with Crippen molar-refractivity contribution in [2.24, 2.45) is 5.92 Å². The number of nitrogen functional groups attached to an aromatic ring is 2. The van der Waals surface area contributed by atoms with Gasteiger partial charge in [0, 0.05) is 5.56 Å². The number of ether oxygens (including phenoxy) is 1. The number of nitrogens with two attached hydrogens (primary N) is 2. The van der Waals surface area contributed by atoms with E-state index in [-0.39, 0.29) is 10.0 Å². The van der Waals surface area contributed by atoms with Gasteiger partial charge in [-0.15, -0.1) is 0 Å². The molecule has 0 amide bonds. The molecule has 0 saturated heterocycles. The average molecular weight is 307 g/mol. The van der Waals surface area contributed by atoms with Gasteiger partial charge in [0.15, 0.2) is 5.13 Å². The second-order valence-corrected chi connectivity index (χ2v) is 6.02. The van der Waals surface area contributed by atoms with Gasteiger partial charge in [0.2, 0.25) is 0 Å². The van der Waals surface area contributed by atoms with Gasteiger partial charge in [0.05, 0.1) is 18.0 Å². The molecule has 0 spiro atoms. The fraction of sp³-hybridized carbons (Fsp3) is 0.286. The van der Waals surface area contributed by atoms with Gasteiger partial charge in [-0.05, 0) is 24.1 Å². The number of carboxylic acid groups (broad SMARTS) is 1. The van der Waals surface area contributed by atoms with Gasteiger partial charge < -0.3 is 21.3 Å². The maximum atomic E-state index is 11.2. The molecule has 0 radical (unpaired) electrons. The van der Waals surface area contributed by atoms with Crippen LogP contribution in [0.1, 0.15) is 23.5 Å². The summed E-state index contributed by atoms with van der Waals surface area (Å²) in [6.07, 6.45) is 0. The van der Waals surface area contributed by atoms with E-state index in [1.807, 2.05) is 13.8 Å². The van der Waals surface area contributed by atoms with Gasteiger partial charge in [-0.1, -0.05) is 25.2 Å². The van der Waals surface area contributed by atoms with Crippen molar-refractivity contribution in [3.8, 4) is 17.0 Å². The minimum atomic E-state index is -1.06. The minimum absolute atomic E-state index is 0.0998. The molecule has 0 bridgehead atoms. The third-order valence-electron chi connectivity index (χ3n) is 2.69. The molecule has 1 aromatic carbocycles. The molecule has 2 aromatic rings. The van der Waals surface area contributed by atoms with Crippen LogP contribution in [0.4, 0.5) is 10.8 Å². The molecule has 6 nitrogen and oxygen atoms in total. The average Bonchev–Trinajstić information content (AvgIpc) is 2.79. The van der Waals surface area contributed by atoms with E-state index >= 15 is 0 Å². The molecule has 112 valence electrons. The molecule has 0 aliphatic rings. The van der Waals surface area contributed by atoms with E-state index in [1.165, 1.54) is 0 Å². The molecule has 1 heterocycles. The number of nitrogens with zero attached hydrogens (tertiary/aromatic N) is 1. The Balaban J connectivity index is 2.34. The Hall–Kier alpha value is -2.28. The number of hydrogen-bond acceptors (Lipinski definition) is 6. The van der Waals surface area contributed by atoms with E-state index < -0.39 is 5.97 Å². The van der Waals surface area contributed by atoms with Crippen LogP contribution in [0.2, 0.25) is 0 Å². The predicted octanol–water partition coefficient (Wildman–Crippen LogP) is 2.71. The number of thiazole rings is 1. The summed E-state index contributed by atoms with van der Waals surface area (Å²) in [6, 6.07) is 5.10. The van der Waals surface area contributed by atoms with E-state index in [1.54, 1.807) is 18.2 Å². The molecule has 2 rings (SSSR count). The monoisotopic (exact) mass is 307 g/mol. The van der Waals surface area contributed by atoms with E-state index in [0.717, 1.165) is 11.3 Å². The first-order valence-corrected chi connectivity index (χ1v) is 7.22. The molecule has 0 unspecified atom stereocenters. The van der Waals surface area contributed by atoms with Crippen LogP contribution >= 0.6 is 11.3 Å². The largest absolute Gasteiger partial charge is 0.491 e. The molecular weight excluding hydrogens is 290 g/mol. The number of aromatic carboxylic acids is 1. The fourth-order valence-electron chi connectivity index (χ4n) is 1.76. The van der Waals surface area contributed by atoms with Crippen LogP contribution in [-0.2, 0) is 0 Å². The molecule has 1 aromatic heterocycles. The van der Waals surface area contributed by atoms with Crippen LogP contribution in [0.5, 0.6) is 5.75 Å². The van der Waals surface area contributed by atoms with E-state index in [4.69, 9.17) is 21.3 Å². The quantitative estimate of drug-likeness (QED) is 0.732. The highest BCUT2D eigenvalue weighted by molar-refractivity contribution is 7.17. The second kappa shape index (κ2) is 6.01. The Labute approximate surface area is 126 Å². The Bertz CT molecular complexity index is 667. The Kier molecular flexibility index (Phi) is 4.32. The standard InChI is InChI=1S/C14H17N3O3S/c1-7(2)6-20-10-4-3-8(5-9(10)15)11-12(13(18)19)21-14(16)17-11/h3-5,7H,6,15H2,1-2H3,(H2,16,17)(H,18,19). The summed E-state index contributed by atoms with van der Waals surface area (Å²) in [6.45, 7) is 4.65. The van der Waals surface area contributed by atoms with Crippen molar-refractivity contribution >= 4 is 28.1 Å². The maximum absolute atomic E-state index is 11.2. The van der Waals surface area contributed by atoms with Crippen molar-refractivity contribution in [2.45, 2.75) is 13.8 Å². The SMILES string of the molecule is CC(C)COc1ccc(-c2nc(N)sc2C(=O)O)cc1N. The van der Waals surface area contributed by atoms with Gasteiger partial charge in [-0.3, -0.25) is 0 Å². The lowest BCUT2D eigenvalue weighted by molar-refractivity contribution is 0.0702. The van der Waals surface area contributed by atoms with Crippen molar-refractivity contribution in [1.82, 2.24) is 4.98 Å². The lowest BCUT2D eigenvalue weighted by atomic mass is 10.1. The summed E-state index contributed by atoms with van der Waals surface area (Å²) < 4.78 is 5.59. The van der Waals surface area contributed by atoms with Crippen molar-refractivity contribution in [3.05, 3.63) is 23.1 Å². The molecule has 7 heteroatoms. The first-order chi connectivity index (χ1) is 9.88. The van der Waals surface area contributed by atoms with Crippen LogP contribution in [0.3, 0.4) is 0 Å². The highest BCUT2D eigenvalue weighted by Crippen LogP contribution is 2.33. The Morgan fingerprint density at radius 1 is 1.43 bits per heavy atom. The van der Waals surface area contributed by atoms with E-state index in [2.05, 4.69) is 4.98 Å². The third-order valence-corrected chi connectivity index (χ3v) is 3.57. The summed E-state index contributed by atoms with van der Waals surface area (Å²) in [7, 11) is 0. The number of benzene rings is 1. The molecule has 0 aliphatic heterocycles. The second-order valence-electron chi connectivity index (χ2n) is 4.99. The fourth-order valence-corrected chi connectivity index (χ4v) is 2.45. The van der Waals surface area contributed by atoms with Crippen LogP contribution < -0.4 is 16.2 Å². The van der Waals surface area contributed by atoms with Gasteiger partial charge in [-0.25, -0.2) is 9.78 Å². The Morgan fingerprint density at radius 3 is 2.71 bits per heavy atom. The van der Waals surface area contributed by atoms with Crippen LogP contribution in [0.15, 0.2) is 18.2 Å². The third kappa shape index (κ3) is 3.43. The van der Waals surface area contributed by atoms with Gasteiger partial charge >= 0.3 is 5.97 Å². The van der Waals surface area contributed by atoms with Gasteiger partial charge in [-0.2, -0.15) is 0 Å². The highest BCUT2D eigenvalue weighted by Gasteiger charge is 2.18. The molecule has 0 fully saturated rings. The molecule has 0 saturated carbocycles. The smallest absolute Gasteiger partial charge is 0.348 e. The molecule has 21 heavy (non-hydrogen) atoms. The lowest BCUT2D eigenvalue weighted by Gasteiger charge is -2.11. The van der Waals surface area contributed by atoms with Crippen LogP contribution in [0.25, 0.3) is 11.3 Å². The normalized spacial score (nSPS) is 10.8. The van der Waals surface area contributed by atoms with Crippen molar-refractivity contribution in [3.63, 3.8) is 0 Å². The lowest BCUT2D eigenvalue weighted by Crippen LogP contribution is -2.06. The van der Waals surface area contributed by atoms with Gasteiger partial charge in [0.1, 0.15) is 10.6 Å². The summed E-state index contributed by atoms with van der Waals surface area (Å²) >= 11 is 0.937. The molecule has 0 atom stereocenters. The zero-order chi connectivity index (χ0) is 15.6. The molecular formula is C14H17N3O3S. The van der Waals surface area contributed by atoms with E-state index in [9.17, 15) is 4.79 Å². The topological polar surface area (TPSA) is 111 Å². The summed E-state index contributed by atoms with van der Waals surface area (Å²) in [4.78, 5) is 15.4. The van der Waals surface area contributed by atoms with Crippen molar-refractivity contribution in [1.29, 1.82) is 0 Å². The maximum Gasteiger partial charge on any atom is 0.348 e. The predicted molar refractivity (Wildman–Crippen MR) is 83.7 cm³/mol. The number of carbonyl (C=O) groups is 1.